The maximum Gasteiger partial charge on any atom is 0.339 e. The number of fused-ring (bicyclic) bond motifs is 1. The van der Waals surface area contributed by atoms with Gasteiger partial charge in [-0.15, -0.1) is 0 Å². The van der Waals surface area contributed by atoms with Crippen LogP contribution in [0.5, 0.6) is 5.75 Å². The fourth-order valence-corrected chi connectivity index (χ4v) is 3.23. The summed E-state index contributed by atoms with van der Waals surface area (Å²) < 4.78 is 10.6. The standard InChI is InChI=1S/C19H24N2O5/c1-12(18(23)20-14-6-4-2-3-5-7-14)26-19(24)13-8-9-15-16(10-13)25-11-17(22)21-15/h8-10,12,14H,2-7,11H2,1H3,(H,20,23)(H,21,22). The second-order valence-corrected chi connectivity index (χ2v) is 6.79. The third kappa shape index (κ3) is 4.53. The topological polar surface area (TPSA) is 93.7 Å². The predicted molar refractivity (Wildman–Crippen MR) is 95.1 cm³/mol. The van der Waals surface area contributed by atoms with Crippen LogP contribution < -0.4 is 15.4 Å². The van der Waals surface area contributed by atoms with E-state index in [4.69, 9.17) is 9.47 Å². The van der Waals surface area contributed by atoms with E-state index in [0.29, 0.717) is 11.4 Å². The first-order valence-corrected chi connectivity index (χ1v) is 9.11. The Morgan fingerprint density at radius 3 is 2.69 bits per heavy atom. The smallest absolute Gasteiger partial charge is 0.339 e. The SMILES string of the molecule is CC(OC(=O)c1ccc2c(c1)OCC(=O)N2)C(=O)NC1CCCCCC1. The molecule has 1 unspecified atom stereocenters. The number of carbonyl (C=O) groups excluding carboxylic acids is 3. The summed E-state index contributed by atoms with van der Waals surface area (Å²) in [5, 5.41) is 5.64. The molecule has 2 aliphatic rings. The number of nitrogens with one attached hydrogen (secondary N) is 2. The van der Waals surface area contributed by atoms with Crippen molar-refractivity contribution in [2.24, 2.45) is 0 Å². The quantitative estimate of drug-likeness (QED) is 0.635. The molecule has 0 saturated heterocycles. The lowest BCUT2D eigenvalue weighted by molar-refractivity contribution is -0.129. The van der Waals surface area contributed by atoms with Gasteiger partial charge in [0.2, 0.25) is 0 Å². The van der Waals surface area contributed by atoms with E-state index in [2.05, 4.69) is 10.6 Å². The highest BCUT2D eigenvalue weighted by Gasteiger charge is 2.24. The van der Waals surface area contributed by atoms with Crippen molar-refractivity contribution in [2.45, 2.75) is 57.6 Å². The molecule has 7 nitrogen and oxygen atoms in total. The van der Waals surface area contributed by atoms with Gasteiger partial charge in [0, 0.05) is 6.04 Å². The number of esters is 1. The van der Waals surface area contributed by atoms with Gasteiger partial charge in [-0.05, 0) is 38.0 Å². The minimum atomic E-state index is -0.873. The average Bonchev–Trinajstić information content (AvgIpc) is 2.89. The molecule has 3 rings (SSSR count). The highest BCUT2D eigenvalue weighted by atomic mass is 16.5. The third-order valence-electron chi connectivity index (χ3n) is 4.70. The summed E-state index contributed by atoms with van der Waals surface area (Å²) in [7, 11) is 0. The molecular weight excluding hydrogens is 336 g/mol. The first-order chi connectivity index (χ1) is 12.5. The molecular formula is C19H24N2O5. The molecule has 1 saturated carbocycles. The van der Waals surface area contributed by atoms with Gasteiger partial charge in [0.25, 0.3) is 11.8 Å². The van der Waals surface area contributed by atoms with Crippen LogP contribution in [0.4, 0.5) is 5.69 Å². The van der Waals surface area contributed by atoms with Crippen molar-refractivity contribution in [3.8, 4) is 5.75 Å². The Hall–Kier alpha value is -2.57. The van der Waals surface area contributed by atoms with Gasteiger partial charge in [-0.2, -0.15) is 0 Å². The molecule has 2 amide bonds. The van der Waals surface area contributed by atoms with Gasteiger partial charge in [-0.1, -0.05) is 25.7 Å². The second-order valence-electron chi connectivity index (χ2n) is 6.79. The zero-order valence-corrected chi connectivity index (χ0v) is 14.9. The number of hydrogen-bond acceptors (Lipinski definition) is 5. The zero-order chi connectivity index (χ0) is 18.5. The summed E-state index contributed by atoms with van der Waals surface area (Å²) >= 11 is 0. The molecule has 0 spiro atoms. The Morgan fingerprint density at radius 2 is 1.96 bits per heavy atom. The van der Waals surface area contributed by atoms with E-state index >= 15 is 0 Å². The number of carbonyl (C=O) groups is 3. The molecule has 0 bridgehead atoms. The van der Waals surface area contributed by atoms with Crippen LogP contribution in [0.15, 0.2) is 18.2 Å². The number of rotatable bonds is 4. The fraction of sp³-hybridized carbons (Fsp3) is 0.526. The zero-order valence-electron chi connectivity index (χ0n) is 14.9. The van der Waals surface area contributed by atoms with Gasteiger partial charge in [0.15, 0.2) is 12.7 Å². The molecule has 1 fully saturated rings. The van der Waals surface area contributed by atoms with Crippen LogP contribution in [0.1, 0.15) is 55.8 Å². The van der Waals surface area contributed by atoms with E-state index in [1.54, 1.807) is 13.0 Å². The Morgan fingerprint density at radius 1 is 1.23 bits per heavy atom. The minimum Gasteiger partial charge on any atom is -0.482 e. The van der Waals surface area contributed by atoms with Gasteiger partial charge in [-0.3, -0.25) is 9.59 Å². The third-order valence-corrected chi connectivity index (χ3v) is 4.70. The summed E-state index contributed by atoms with van der Waals surface area (Å²) in [5.41, 5.74) is 0.783. The van der Waals surface area contributed by atoms with Crippen LogP contribution >= 0.6 is 0 Å². The number of amides is 2. The van der Waals surface area contributed by atoms with Gasteiger partial charge >= 0.3 is 5.97 Å². The van der Waals surface area contributed by atoms with Crippen LogP contribution in [-0.2, 0) is 14.3 Å². The van der Waals surface area contributed by atoms with E-state index in [1.807, 2.05) is 0 Å². The fourth-order valence-electron chi connectivity index (χ4n) is 3.23. The van der Waals surface area contributed by atoms with Crippen molar-refractivity contribution in [1.82, 2.24) is 5.32 Å². The van der Waals surface area contributed by atoms with Crippen LogP contribution in [-0.4, -0.2) is 36.5 Å². The predicted octanol–water partition coefficient (Wildman–Crippen LogP) is 2.40. The lowest BCUT2D eigenvalue weighted by Gasteiger charge is -2.20. The van der Waals surface area contributed by atoms with E-state index in [1.165, 1.54) is 25.0 Å². The summed E-state index contributed by atoms with van der Waals surface area (Å²) in [4.78, 5) is 35.9. The molecule has 1 aliphatic heterocycles. The molecule has 1 atom stereocenters. The van der Waals surface area contributed by atoms with E-state index in [9.17, 15) is 14.4 Å². The Kier molecular flexibility index (Phi) is 5.75. The summed E-state index contributed by atoms with van der Waals surface area (Å²) in [5.74, 6) is -0.699. The van der Waals surface area contributed by atoms with Gasteiger partial charge in [0.1, 0.15) is 5.75 Å². The molecule has 1 aromatic rings. The number of benzene rings is 1. The average molecular weight is 360 g/mol. The normalized spacial score (nSPS) is 18.6. The van der Waals surface area contributed by atoms with Gasteiger partial charge in [-0.25, -0.2) is 4.79 Å². The van der Waals surface area contributed by atoms with Crippen molar-refractivity contribution in [2.75, 3.05) is 11.9 Å². The Balaban J connectivity index is 1.56. The molecule has 140 valence electrons. The van der Waals surface area contributed by atoms with Gasteiger partial charge in [0.05, 0.1) is 11.3 Å². The second kappa shape index (κ2) is 8.21. The Labute approximate surface area is 152 Å². The van der Waals surface area contributed by atoms with Crippen LogP contribution in [0, 0.1) is 0 Å². The molecule has 26 heavy (non-hydrogen) atoms. The first kappa shape index (κ1) is 18.2. The van der Waals surface area contributed by atoms with Crippen molar-refractivity contribution >= 4 is 23.5 Å². The largest absolute Gasteiger partial charge is 0.482 e. The summed E-state index contributed by atoms with van der Waals surface area (Å²) in [6.45, 7) is 1.48. The van der Waals surface area contributed by atoms with E-state index < -0.39 is 12.1 Å². The molecule has 1 heterocycles. The van der Waals surface area contributed by atoms with Crippen LogP contribution in [0.25, 0.3) is 0 Å². The molecule has 1 aliphatic carbocycles. The molecule has 1 aromatic carbocycles. The lowest BCUT2D eigenvalue weighted by atomic mass is 10.1. The molecule has 7 heteroatoms. The summed E-state index contributed by atoms with van der Waals surface area (Å²) in [6.07, 6.45) is 5.72. The molecule has 0 radical (unpaired) electrons. The van der Waals surface area contributed by atoms with Crippen LogP contribution in [0.2, 0.25) is 0 Å². The maximum absolute atomic E-state index is 12.3. The van der Waals surface area contributed by atoms with Crippen molar-refractivity contribution in [3.05, 3.63) is 23.8 Å². The molecule has 0 aromatic heterocycles. The minimum absolute atomic E-state index is 0.0916. The highest BCUT2D eigenvalue weighted by molar-refractivity contribution is 5.98. The summed E-state index contributed by atoms with van der Waals surface area (Å²) in [6, 6.07) is 4.78. The van der Waals surface area contributed by atoms with E-state index in [-0.39, 0.29) is 30.0 Å². The first-order valence-electron chi connectivity index (χ1n) is 9.11. The number of ether oxygens (including phenoxy) is 2. The maximum atomic E-state index is 12.3. The van der Waals surface area contributed by atoms with E-state index in [0.717, 1.165) is 25.7 Å². The number of anilines is 1. The Bertz CT molecular complexity index is 695. The van der Waals surface area contributed by atoms with Crippen molar-refractivity contribution in [3.63, 3.8) is 0 Å². The van der Waals surface area contributed by atoms with Crippen molar-refractivity contribution < 1.29 is 23.9 Å². The molecule has 2 N–H and O–H groups in total. The number of hydrogen-bond donors (Lipinski definition) is 2. The highest BCUT2D eigenvalue weighted by Crippen LogP contribution is 2.28. The van der Waals surface area contributed by atoms with Gasteiger partial charge < -0.3 is 20.1 Å². The lowest BCUT2D eigenvalue weighted by Crippen LogP contribution is -2.41. The van der Waals surface area contributed by atoms with Crippen LogP contribution in [0.3, 0.4) is 0 Å². The monoisotopic (exact) mass is 360 g/mol. The van der Waals surface area contributed by atoms with Crippen molar-refractivity contribution in [1.29, 1.82) is 0 Å².